The third-order valence-corrected chi connectivity index (χ3v) is 3.77. The molecule has 1 aromatic rings. The lowest BCUT2D eigenvalue weighted by Gasteiger charge is -2.32. The van der Waals surface area contributed by atoms with Gasteiger partial charge in [0, 0.05) is 26.2 Å². The summed E-state index contributed by atoms with van der Waals surface area (Å²) in [5.74, 6) is -0.839. The Labute approximate surface area is 129 Å². The van der Waals surface area contributed by atoms with Crippen molar-refractivity contribution in [3.8, 4) is 0 Å². The topological polar surface area (TPSA) is 47.9 Å². The molecule has 0 spiro atoms. The van der Waals surface area contributed by atoms with E-state index in [9.17, 15) is 13.9 Å². The fourth-order valence-corrected chi connectivity index (χ4v) is 2.53. The summed E-state index contributed by atoms with van der Waals surface area (Å²) >= 11 is 0. The average molecular weight is 311 g/mol. The molecule has 2 N–H and O–H groups in total. The van der Waals surface area contributed by atoms with Crippen molar-refractivity contribution in [1.29, 1.82) is 0 Å². The van der Waals surface area contributed by atoms with Crippen LogP contribution in [-0.2, 0) is 6.42 Å². The zero-order valence-corrected chi connectivity index (χ0v) is 12.9. The van der Waals surface area contributed by atoms with Crippen molar-refractivity contribution in [1.82, 2.24) is 10.2 Å². The molecular formula is C16H23F2N3O. The van der Waals surface area contributed by atoms with Gasteiger partial charge in [0.1, 0.15) is 0 Å². The van der Waals surface area contributed by atoms with E-state index >= 15 is 0 Å². The van der Waals surface area contributed by atoms with Gasteiger partial charge in [-0.3, -0.25) is 4.99 Å². The number of piperidine rings is 1. The molecule has 1 fully saturated rings. The first kappa shape index (κ1) is 16.7. The summed E-state index contributed by atoms with van der Waals surface area (Å²) in [4.78, 5) is 6.58. The number of hydrogen-bond acceptors (Lipinski definition) is 2. The summed E-state index contributed by atoms with van der Waals surface area (Å²) in [6.07, 6.45) is 1.57. The van der Waals surface area contributed by atoms with Gasteiger partial charge in [-0.25, -0.2) is 8.78 Å². The van der Waals surface area contributed by atoms with Crippen LogP contribution in [-0.4, -0.2) is 48.2 Å². The summed E-state index contributed by atoms with van der Waals surface area (Å²) in [6.45, 7) is 4.62. The predicted molar refractivity (Wildman–Crippen MR) is 82.9 cm³/mol. The molecule has 6 heteroatoms. The minimum Gasteiger partial charge on any atom is -0.393 e. The Morgan fingerprint density at radius 3 is 2.77 bits per heavy atom. The maximum Gasteiger partial charge on any atom is 0.193 e. The minimum absolute atomic E-state index is 0.236. The van der Waals surface area contributed by atoms with E-state index in [1.54, 1.807) is 6.07 Å². The highest BCUT2D eigenvalue weighted by Crippen LogP contribution is 2.13. The van der Waals surface area contributed by atoms with Gasteiger partial charge in [0.15, 0.2) is 17.6 Å². The van der Waals surface area contributed by atoms with Gasteiger partial charge in [-0.05, 0) is 37.8 Å². The third-order valence-electron chi connectivity index (χ3n) is 3.77. The maximum atomic E-state index is 13.6. The summed E-state index contributed by atoms with van der Waals surface area (Å²) < 4.78 is 26.8. The van der Waals surface area contributed by atoms with Crippen LogP contribution < -0.4 is 5.32 Å². The van der Waals surface area contributed by atoms with Crippen molar-refractivity contribution < 1.29 is 13.9 Å². The monoisotopic (exact) mass is 311 g/mol. The summed E-state index contributed by atoms with van der Waals surface area (Å²) in [5, 5.41) is 12.8. The van der Waals surface area contributed by atoms with Crippen LogP contribution in [0.3, 0.4) is 0 Å². The van der Waals surface area contributed by atoms with Crippen LogP contribution in [0.4, 0.5) is 8.78 Å². The molecule has 0 aliphatic carbocycles. The zero-order valence-electron chi connectivity index (χ0n) is 12.9. The first-order chi connectivity index (χ1) is 10.6. The Bertz CT molecular complexity index is 514. The second kappa shape index (κ2) is 8.08. The normalized spacial score (nSPS) is 16.9. The molecular weight excluding hydrogens is 288 g/mol. The van der Waals surface area contributed by atoms with Crippen molar-refractivity contribution in [2.24, 2.45) is 4.99 Å². The molecule has 1 heterocycles. The average Bonchev–Trinajstić information content (AvgIpc) is 2.51. The van der Waals surface area contributed by atoms with Gasteiger partial charge in [0.25, 0.3) is 0 Å². The molecule has 0 radical (unpaired) electrons. The number of aliphatic imine (C=N–C) groups is 1. The quantitative estimate of drug-likeness (QED) is 0.660. The summed E-state index contributed by atoms with van der Waals surface area (Å²) in [6, 6.07) is 4.21. The van der Waals surface area contributed by atoms with Crippen LogP contribution in [0.25, 0.3) is 0 Å². The van der Waals surface area contributed by atoms with Gasteiger partial charge in [-0.15, -0.1) is 0 Å². The number of aliphatic hydroxyl groups excluding tert-OH is 1. The SMILES string of the molecule is CCNC(=NCCc1cccc(F)c1F)N1CCC(O)CC1. The van der Waals surface area contributed by atoms with E-state index in [-0.39, 0.29) is 6.10 Å². The molecule has 122 valence electrons. The smallest absolute Gasteiger partial charge is 0.193 e. The van der Waals surface area contributed by atoms with Gasteiger partial charge in [0.2, 0.25) is 0 Å². The highest BCUT2D eigenvalue weighted by atomic mass is 19.2. The van der Waals surface area contributed by atoms with E-state index in [1.165, 1.54) is 6.07 Å². The summed E-state index contributed by atoms with van der Waals surface area (Å²) in [7, 11) is 0. The number of nitrogens with zero attached hydrogens (tertiary/aromatic N) is 2. The van der Waals surface area contributed by atoms with Crippen molar-refractivity contribution in [2.75, 3.05) is 26.2 Å². The Hall–Kier alpha value is -1.69. The summed E-state index contributed by atoms with van der Waals surface area (Å²) in [5.41, 5.74) is 0.341. The third kappa shape index (κ3) is 4.40. The Balaban J connectivity index is 1.96. The Morgan fingerprint density at radius 1 is 1.36 bits per heavy atom. The fraction of sp³-hybridized carbons (Fsp3) is 0.562. The number of likely N-dealkylation sites (tertiary alicyclic amines) is 1. The number of nitrogens with one attached hydrogen (secondary N) is 1. The first-order valence-corrected chi connectivity index (χ1v) is 7.76. The molecule has 4 nitrogen and oxygen atoms in total. The number of halogens is 2. The standard InChI is InChI=1S/C16H23F2N3O/c1-2-19-16(21-10-7-13(22)8-11-21)20-9-6-12-4-3-5-14(17)15(12)18/h3-5,13,22H,2,6-11H2,1H3,(H,19,20). The molecule has 0 amide bonds. The molecule has 0 aromatic heterocycles. The number of hydrogen-bond donors (Lipinski definition) is 2. The van der Waals surface area contributed by atoms with Crippen LogP contribution in [0.2, 0.25) is 0 Å². The van der Waals surface area contributed by atoms with Gasteiger partial charge in [-0.2, -0.15) is 0 Å². The van der Waals surface area contributed by atoms with E-state index in [2.05, 4.69) is 15.2 Å². The Morgan fingerprint density at radius 2 is 2.09 bits per heavy atom. The van der Waals surface area contributed by atoms with Gasteiger partial charge >= 0.3 is 0 Å². The molecule has 0 atom stereocenters. The number of aliphatic hydroxyl groups is 1. The molecule has 1 aliphatic heterocycles. The molecule has 0 bridgehead atoms. The van der Waals surface area contributed by atoms with Gasteiger partial charge < -0.3 is 15.3 Å². The second-order valence-electron chi connectivity index (χ2n) is 5.42. The van der Waals surface area contributed by atoms with E-state index in [1.807, 2.05) is 6.92 Å². The van der Waals surface area contributed by atoms with Crippen molar-refractivity contribution in [2.45, 2.75) is 32.3 Å². The molecule has 0 unspecified atom stereocenters. The van der Waals surface area contributed by atoms with E-state index in [4.69, 9.17) is 0 Å². The maximum absolute atomic E-state index is 13.6. The fourth-order valence-electron chi connectivity index (χ4n) is 2.53. The molecule has 1 aromatic carbocycles. The lowest BCUT2D eigenvalue weighted by atomic mass is 10.1. The van der Waals surface area contributed by atoms with Crippen molar-refractivity contribution in [3.63, 3.8) is 0 Å². The van der Waals surface area contributed by atoms with E-state index in [0.29, 0.717) is 18.5 Å². The van der Waals surface area contributed by atoms with E-state index < -0.39 is 11.6 Å². The predicted octanol–water partition coefficient (Wildman–Crippen LogP) is 1.93. The second-order valence-corrected chi connectivity index (χ2v) is 5.42. The first-order valence-electron chi connectivity index (χ1n) is 7.76. The number of guanidine groups is 1. The van der Waals surface area contributed by atoms with Crippen molar-refractivity contribution in [3.05, 3.63) is 35.4 Å². The van der Waals surface area contributed by atoms with Crippen LogP contribution in [0, 0.1) is 11.6 Å². The Kier molecular flexibility index (Phi) is 6.12. The highest BCUT2D eigenvalue weighted by Gasteiger charge is 2.19. The molecule has 0 saturated carbocycles. The molecule has 1 saturated heterocycles. The van der Waals surface area contributed by atoms with Crippen LogP contribution in [0.15, 0.2) is 23.2 Å². The van der Waals surface area contributed by atoms with E-state index in [0.717, 1.165) is 44.5 Å². The van der Waals surface area contributed by atoms with Crippen LogP contribution >= 0.6 is 0 Å². The molecule has 2 rings (SSSR count). The minimum atomic E-state index is -0.821. The molecule has 1 aliphatic rings. The highest BCUT2D eigenvalue weighted by molar-refractivity contribution is 5.80. The lowest BCUT2D eigenvalue weighted by molar-refractivity contribution is 0.108. The van der Waals surface area contributed by atoms with Gasteiger partial charge in [0.05, 0.1) is 6.10 Å². The molecule has 22 heavy (non-hydrogen) atoms. The number of rotatable bonds is 4. The van der Waals surface area contributed by atoms with Gasteiger partial charge in [-0.1, -0.05) is 12.1 Å². The zero-order chi connectivity index (χ0) is 15.9. The largest absolute Gasteiger partial charge is 0.393 e. The van der Waals surface area contributed by atoms with Crippen LogP contribution in [0.1, 0.15) is 25.3 Å². The van der Waals surface area contributed by atoms with Crippen molar-refractivity contribution >= 4 is 5.96 Å². The lowest BCUT2D eigenvalue weighted by Crippen LogP contribution is -2.46. The van der Waals surface area contributed by atoms with Crippen LogP contribution in [0.5, 0.6) is 0 Å². The number of benzene rings is 1.